The fourth-order valence-corrected chi connectivity index (χ4v) is 1.35. The van der Waals surface area contributed by atoms with Crippen LogP contribution in [-0.2, 0) is 9.53 Å². The maximum Gasteiger partial charge on any atom is 0.315 e. The van der Waals surface area contributed by atoms with Gasteiger partial charge in [0.2, 0.25) is 0 Å². The van der Waals surface area contributed by atoms with Gasteiger partial charge in [-0.15, -0.1) is 11.8 Å². The number of esters is 1. The highest BCUT2D eigenvalue weighted by Crippen LogP contribution is 2.15. The normalized spacial score (nSPS) is 9.42. The summed E-state index contributed by atoms with van der Waals surface area (Å²) in [5.41, 5.74) is 0. The molecule has 0 saturated heterocycles. The maximum atomic E-state index is 10.7. The van der Waals surface area contributed by atoms with Gasteiger partial charge in [-0.25, -0.2) is 0 Å². The van der Waals surface area contributed by atoms with Gasteiger partial charge in [0.05, 0.1) is 12.9 Å². The lowest BCUT2D eigenvalue weighted by Crippen LogP contribution is -2.02. The smallest absolute Gasteiger partial charge is 0.315 e. The van der Waals surface area contributed by atoms with Crippen LogP contribution in [0, 0.1) is 0 Å². The summed E-state index contributed by atoms with van der Waals surface area (Å²) in [6.45, 7) is 0. The van der Waals surface area contributed by atoms with Crippen molar-refractivity contribution in [2.45, 2.75) is 4.90 Å². The van der Waals surface area contributed by atoms with Crippen LogP contribution >= 0.6 is 11.8 Å². The Bertz CT molecular complexity index is 250. The predicted octanol–water partition coefficient (Wildman–Crippen LogP) is 1.35. The van der Waals surface area contributed by atoms with Crippen LogP contribution in [0.2, 0.25) is 0 Å². The highest BCUT2D eigenvalue weighted by Gasteiger charge is 2.00. The van der Waals surface area contributed by atoms with Gasteiger partial charge in [-0.05, 0) is 12.1 Å². The van der Waals surface area contributed by atoms with Crippen LogP contribution in [0.25, 0.3) is 0 Å². The average Bonchev–Trinajstić information content (AvgIpc) is 2.16. The molecule has 12 heavy (non-hydrogen) atoms. The molecule has 0 amide bonds. The minimum atomic E-state index is -0.211. The molecule has 0 atom stereocenters. The quantitative estimate of drug-likeness (QED) is 0.523. The second-order valence-corrected chi connectivity index (χ2v) is 3.10. The second-order valence-electron chi connectivity index (χ2n) is 2.05. The van der Waals surface area contributed by atoms with Gasteiger partial charge in [-0.1, -0.05) is 0 Å². The summed E-state index contributed by atoms with van der Waals surface area (Å²) >= 11 is 1.44. The number of carbonyl (C=O) groups excluding carboxylic acids is 1. The molecule has 4 heteroatoms. The molecule has 0 aliphatic carbocycles. The van der Waals surface area contributed by atoms with Crippen LogP contribution in [0.5, 0.6) is 0 Å². The standard InChI is InChI=1S/C8H9NO2S/c1-11-8(10)6-12-7-2-4-9-5-3-7/h2-5H,6H2,1H3. The van der Waals surface area contributed by atoms with Crippen molar-refractivity contribution in [2.24, 2.45) is 0 Å². The monoisotopic (exact) mass is 183 g/mol. The molecule has 1 rings (SSSR count). The lowest BCUT2D eigenvalue weighted by atomic mass is 10.5. The Kier molecular flexibility index (Phi) is 3.60. The Morgan fingerprint density at radius 1 is 1.58 bits per heavy atom. The van der Waals surface area contributed by atoms with Crippen LogP contribution in [0.1, 0.15) is 0 Å². The highest BCUT2D eigenvalue weighted by molar-refractivity contribution is 8.00. The van der Waals surface area contributed by atoms with Crippen molar-refractivity contribution in [1.82, 2.24) is 4.98 Å². The van der Waals surface area contributed by atoms with E-state index in [2.05, 4.69) is 9.72 Å². The Morgan fingerprint density at radius 2 is 2.25 bits per heavy atom. The lowest BCUT2D eigenvalue weighted by Gasteiger charge is -1.98. The topological polar surface area (TPSA) is 39.2 Å². The average molecular weight is 183 g/mol. The number of pyridine rings is 1. The van der Waals surface area contributed by atoms with Crippen molar-refractivity contribution in [2.75, 3.05) is 12.9 Å². The number of carbonyl (C=O) groups is 1. The van der Waals surface area contributed by atoms with Gasteiger partial charge in [-0.2, -0.15) is 0 Å². The number of hydrogen-bond acceptors (Lipinski definition) is 4. The van der Waals surface area contributed by atoms with E-state index in [9.17, 15) is 4.79 Å². The summed E-state index contributed by atoms with van der Waals surface area (Å²) in [7, 11) is 1.38. The summed E-state index contributed by atoms with van der Waals surface area (Å²) in [6, 6.07) is 3.71. The maximum absolute atomic E-state index is 10.7. The van der Waals surface area contributed by atoms with Crippen molar-refractivity contribution < 1.29 is 9.53 Å². The van der Waals surface area contributed by atoms with E-state index < -0.39 is 0 Å². The van der Waals surface area contributed by atoms with Crippen LogP contribution in [-0.4, -0.2) is 23.8 Å². The molecule has 0 aliphatic rings. The first-order chi connectivity index (χ1) is 5.83. The molecule has 0 bridgehead atoms. The fraction of sp³-hybridized carbons (Fsp3) is 0.250. The Balaban J connectivity index is 2.38. The molecule has 0 aromatic carbocycles. The van der Waals surface area contributed by atoms with Gasteiger partial charge < -0.3 is 4.74 Å². The largest absolute Gasteiger partial charge is 0.468 e. The number of hydrogen-bond donors (Lipinski definition) is 0. The van der Waals surface area contributed by atoms with E-state index in [4.69, 9.17) is 0 Å². The number of thioether (sulfide) groups is 1. The molecular formula is C8H9NO2S. The second kappa shape index (κ2) is 4.77. The van der Waals surface area contributed by atoms with Crippen molar-refractivity contribution in [3.05, 3.63) is 24.5 Å². The Hall–Kier alpha value is -1.03. The lowest BCUT2D eigenvalue weighted by molar-refractivity contribution is -0.137. The number of methoxy groups -OCH3 is 1. The third kappa shape index (κ3) is 2.92. The number of ether oxygens (including phenoxy) is 1. The van der Waals surface area contributed by atoms with Crippen molar-refractivity contribution in [3.8, 4) is 0 Å². The first-order valence-electron chi connectivity index (χ1n) is 3.42. The van der Waals surface area contributed by atoms with Crippen LogP contribution in [0.4, 0.5) is 0 Å². The van der Waals surface area contributed by atoms with Gasteiger partial charge in [0, 0.05) is 17.3 Å². The highest BCUT2D eigenvalue weighted by atomic mass is 32.2. The third-order valence-corrected chi connectivity index (χ3v) is 2.22. The molecule has 0 saturated carbocycles. The van der Waals surface area contributed by atoms with Gasteiger partial charge in [0.15, 0.2) is 0 Å². The van der Waals surface area contributed by atoms with E-state index in [1.165, 1.54) is 18.9 Å². The Morgan fingerprint density at radius 3 is 2.83 bits per heavy atom. The predicted molar refractivity (Wildman–Crippen MR) is 47.0 cm³/mol. The molecule has 0 fully saturated rings. The first kappa shape index (κ1) is 9.06. The van der Waals surface area contributed by atoms with Crippen molar-refractivity contribution in [1.29, 1.82) is 0 Å². The molecular weight excluding hydrogens is 174 g/mol. The van der Waals surface area contributed by atoms with E-state index in [0.29, 0.717) is 5.75 Å². The van der Waals surface area contributed by atoms with Gasteiger partial charge in [-0.3, -0.25) is 9.78 Å². The van der Waals surface area contributed by atoms with Crippen molar-refractivity contribution >= 4 is 17.7 Å². The summed E-state index contributed by atoms with van der Waals surface area (Å²) in [5, 5.41) is 0. The number of aromatic nitrogens is 1. The van der Waals surface area contributed by atoms with Gasteiger partial charge in [0.1, 0.15) is 0 Å². The zero-order valence-corrected chi connectivity index (χ0v) is 7.50. The molecule has 3 nitrogen and oxygen atoms in total. The molecule has 0 aliphatic heterocycles. The minimum absolute atomic E-state index is 0.211. The van der Waals surface area contributed by atoms with Crippen LogP contribution < -0.4 is 0 Å². The van der Waals surface area contributed by atoms with Gasteiger partial charge in [0.25, 0.3) is 0 Å². The number of rotatable bonds is 3. The molecule has 0 spiro atoms. The van der Waals surface area contributed by atoms with E-state index in [1.54, 1.807) is 12.4 Å². The minimum Gasteiger partial charge on any atom is -0.468 e. The summed E-state index contributed by atoms with van der Waals surface area (Å²) in [4.78, 5) is 15.6. The zero-order valence-electron chi connectivity index (χ0n) is 6.69. The molecule has 1 aromatic heterocycles. The van der Waals surface area contributed by atoms with E-state index >= 15 is 0 Å². The molecule has 0 N–H and O–H groups in total. The van der Waals surface area contributed by atoms with Crippen LogP contribution in [0.15, 0.2) is 29.4 Å². The van der Waals surface area contributed by atoms with E-state index in [0.717, 1.165) is 4.90 Å². The Labute approximate surface area is 75.1 Å². The molecule has 0 unspecified atom stereocenters. The fourth-order valence-electron chi connectivity index (χ4n) is 0.636. The van der Waals surface area contributed by atoms with Crippen molar-refractivity contribution in [3.63, 3.8) is 0 Å². The summed E-state index contributed by atoms with van der Waals surface area (Å²) in [5.74, 6) is 0.136. The van der Waals surface area contributed by atoms with E-state index in [1.807, 2.05) is 12.1 Å². The molecule has 1 heterocycles. The SMILES string of the molecule is COC(=O)CSc1ccncc1. The third-order valence-electron chi connectivity index (χ3n) is 1.23. The first-order valence-corrected chi connectivity index (χ1v) is 4.41. The molecule has 0 radical (unpaired) electrons. The number of nitrogens with zero attached hydrogens (tertiary/aromatic N) is 1. The summed E-state index contributed by atoms with van der Waals surface area (Å²) < 4.78 is 4.50. The van der Waals surface area contributed by atoms with E-state index in [-0.39, 0.29) is 5.97 Å². The van der Waals surface area contributed by atoms with Crippen LogP contribution in [0.3, 0.4) is 0 Å². The van der Waals surface area contributed by atoms with Gasteiger partial charge >= 0.3 is 5.97 Å². The molecule has 1 aromatic rings. The zero-order chi connectivity index (χ0) is 8.81. The summed E-state index contributed by atoms with van der Waals surface area (Å²) in [6.07, 6.45) is 3.39. The molecule has 64 valence electrons.